The Labute approximate surface area is 160 Å². The largest absolute Gasteiger partial charge is 0.346 e. The van der Waals surface area contributed by atoms with Gasteiger partial charge in [-0.05, 0) is 18.9 Å². The quantitative estimate of drug-likeness (QED) is 0.802. The Hall–Kier alpha value is -2.41. The van der Waals surface area contributed by atoms with Crippen LogP contribution in [0.15, 0.2) is 35.1 Å². The Kier molecular flexibility index (Phi) is 6.45. The SMILES string of the molecule is CCCCc1nn(CC(=O)N2CCNC(c3ccccc3)C2)c(=O)n1CC. The maximum absolute atomic E-state index is 12.8. The molecule has 1 saturated heterocycles. The second-order valence-electron chi connectivity index (χ2n) is 6.96. The number of nitrogens with one attached hydrogen (secondary N) is 1. The average Bonchev–Trinajstić information content (AvgIpc) is 3.01. The molecule has 1 aromatic heterocycles. The van der Waals surface area contributed by atoms with Crippen LogP contribution in [0.2, 0.25) is 0 Å². The summed E-state index contributed by atoms with van der Waals surface area (Å²) in [6.07, 6.45) is 2.80. The number of amides is 1. The van der Waals surface area contributed by atoms with E-state index >= 15 is 0 Å². The highest BCUT2D eigenvalue weighted by molar-refractivity contribution is 5.76. The Morgan fingerprint density at radius 1 is 1.26 bits per heavy atom. The minimum absolute atomic E-state index is 0.00642. The number of rotatable bonds is 7. The number of aryl methyl sites for hydroxylation is 1. The molecule has 1 aromatic carbocycles. The molecule has 3 rings (SSSR count). The van der Waals surface area contributed by atoms with E-state index in [0.29, 0.717) is 19.6 Å². The summed E-state index contributed by atoms with van der Waals surface area (Å²) in [5.74, 6) is 0.724. The number of carbonyl (C=O) groups excluding carboxylic acids is 1. The van der Waals surface area contributed by atoms with Gasteiger partial charge in [-0.25, -0.2) is 9.48 Å². The van der Waals surface area contributed by atoms with Gasteiger partial charge in [-0.3, -0.25) is 9.36 Å². The first-order chi connectivity index (χ1) is 13.1. The van der Waals surface area contributed by atoms with Gasteiger partial charge in [0.2, 0.25) is 5.91 Å². The summed E-state index contributed by atoms with van der Waals surface area (Å²) in [7, 11) is 0. The summed E-state index contributed by atoms with van der Waals surface area (Å²) in [6.45, 7) is 6.63. The van der Waals surface area contributed by atoms with E-state index in [-0.39, 0.29) is 24.2 Å². The Morgan fingerprint density at radius 2 is 2.04 bits per heavy atom. The Balaban J connectivity index is 1.69. The van der Waals surface area contributed by atoms with Crippen molar-refractivity contribution >= 4 is 5.91 Å². The molecule has 1 aliphatic rings. The lowest BCUT2D eigenvalue weighted by Gasteiger charge is -2.34. The molecule has 1 aliphatic heterocycles. The first kappa shape index (κ1) is 19.4. The third-order valence-electron chi connectivity index (χ3n) is 5.08. The fourth-order valence-corrected chi connectivity index (χ4v) is 3.54. The van der Waals surface area contributed by atoms with Crippen LogP contribution in [-0.2, 0) is 24.3 Å². The van der Waals surface area contributed by atoms with Gasteiger partial charge < -0.3 is 10.2 Å². The highest BCUT2D eigenvalue weighted by Gasteiger charge is 2.25. The molecule has 2 heterocycles. The zero-order chi connectivity index (χ0) is 19.2. The van der Waals surface area contributed by atoms with Crippen LogP contribution in [0.5, 0.6) is 0 Å². The van der Waals surface area contributed by atoms with Crippen molar-refractivity contribution in [2.45, 2.75) is 52.2 Å². The van der Waals surface area contributed by atoms with Crippen LogP contribution in [0.3, 0.4) is 0 Å². The minimum Gasteiger partial charge on any atom is -0.338 e. The van der Waals surface area contributed by atoms with Crippen LogP contribution in [0.1, 0.15) is 44.1 Å². The lowest BCUT2D eigenvalue weighted by atomic mass is 10.0. The van der Waals surface area contributed by atoms with E-state index in [1.807, 2.05) is 30.0 Å². The molecular formula is C20H29N5O2. The fraction of sp³-hybridized carbons (Fsp3) is 0.550. The molecular weight excluding hydrogens is 342 g/mol. The molecule has 146 valence electrons. The van der Waals surface area contributed by atoms with Crippen LogP contribution in [-0.4, -0.2) is 44.8 Å². The van der Waals surface area contributed by atoms with E-state index in [4.69, 9.17) is 0 Å². The molecule has 2 aromatic rings. The van der Waals surface area contributed by atoms with Crippen molar-refractivity contribution < 1.29 is 4.79 Å². The number of aromatic nitrogens is 3. The first-order valence-corrected chi connectivity index (χ1v) is 9.86. The maximum Gasteiger partial charge on any atom is 0.346 e. The molecule has 0 radical (unpaired) electrons. The normalized spacial score (nSPS) is 17.3. The molecule has 1 amide bonds. The monoisotopic (exact) mass is 371 g/mol. The highest BCUT2D eigenvalue weighted by Crippen LogP contribution is 2.17. The predicted molar refractivity (Wildman–Crippen MR) is 105 cm³/mol. The molecule has 7 nitrogen and oxygen atoms in total. The van der Waals surface area contributed by atoms with Crippen molar-refractivity contribution in [1.82, 2.24) is 24.6 Å². The average molecular weight is 371 g/mol. The van der Waals surface area contributed by atoms with E-state index in [2.05, 4.69) is 29.5 Å². The molecule has 1 unspecified atom stereocenters. The van der Waals surface area contributed by atoms with Crippen molar-refractivity contribution in [3.63, 3.8) is 0 Å². The van der Waals surface area contributed by atoms with E-state index in [9.17, 15) is 9.59 Å². The van der Waals surface area contributed by atoms with Crippen LogP contribution >= 0.6 is 0 Å². The number of piperazine rings is 1. The summed E-state index contributed by atoms with van der Waals surface area (Å²) in [5, 5.41) is 7.89. The third kappa shape index (κ3) is 4.47. The molecule has 27 heavy (non-hydrogen) atoms. The third-order valence-corrected chi connectivity index (χ3v) is 5.08. The van der Waals surface area contributed by atoms with Gasteiger partial charge in [0.1, 0.15) is 12.4 Å². The molecule has 1 N–H and O–H groups in total. The van der Waals surface area contributed by atoms with Gasteiger partial charge >= 0.3 is 5.69 Å². The summed E-state index contributed by atoms with van der Waals surface area (Å²) >= 11 is 0. The van der Waals surface area contributed by atoms with Gasteiger partial charge in [-0.1, -0.05) is 43.7 Å². The van der Waals surface area contributed by atoms with Crippen molar-refractivity contribution in [2.24, 2.45) is 0 Å². The summed E-state index contributed by atoms with van der Waals surface area (Å²) in [4.78, 5) is 27.2. The molecule has 1 fully saturated rings. The first-order valence-electron chi connectivity index (χ1n) is 9.86. The van der Waals surface area contributed by atoms with Gasteiger partial charge in [0, 0.05) is 38.6 Å². The van der Waals surface area contributed by atoms with E-state index < -0.39 is 0 Å². The van der Waals surface area contributed by atoms with E-state index in [1.54, 1.807) is 4.57 Å². The van der Waals surface area contributed by atoms with Crippen molar-refractivity contribution in [3.8, 4) is 0 Å². The minimum atomic E-state index is -0.188. The van der Waals surface area contributed by atoms with Crippen LogP contribution in [0, 0.1) is 0 Å². The summed E-state index contributed by atoms with van der Waals surface area (Å²) in [6, 6.07) is 10.3. The molecule has 7 heteroatoms. The van der Waals surface area contributed by atoms with E-state index in [1.165, 1.54) is 10.2 Å². The molecule has 1 atom stereocenters. The number of unbranched alkanes of at least 4 members (excludes halogenated alkanes) is 1. The van der Waals surface area contributed by atoms with Crippen molar-refractivity contribution in [1.29, 1.82) is 0 Å². The smallest absolute Gasteiger partial charge is 0.338 e. The molecule has 0 saturated carbocycles. The van der Waals surface area contributed by atoms with Gasteiger partial charge in [0.05, 0.1) is 0 Å². The van der Waals surface area contributed by atoms with Gasteiger partial charge in [-0.15, -0.1) is 0 Å². The second-order valence-corrected chi connectivity index (χ2v) is 6.96. The standard InChI is InChI=1S/C20H29N5O2/c1-3-5-11-18-22-25(20(27)24(18)4-2)15-19(26)23-13-12-21-17(14-23)16-9-7-6-8-10-16/h6-10,17,21H,3-5,11-15H2,1-2H3. The zero-order valence-corrected chi connectivity index (χ0v) is 16.2. The lowest BCUT2D eigenvalue weighted by Crippen LogP contribution is -2.49. The van der Waals surface area contributed by atoms with Gasteiger partial charge in [0.25, 0.3) is 0 Å². The second kappa shape index (κ2) is 8.99. The number of benzene rings is 1. The van der Waals surface area contributed by atoms with Crippen molar-refractivity contribution in [2.75, 3.05) is 19.6 Å². The van der Waals surface area contributed by atoms with Gasteiger partial charge in [-0.2, -0.15) is 5.10 Å². The number of hydrogen-bond acceptors (Lipinski definition) is 4. The zero-order valence-electron chi connectivity index (χ0n) is 16.2. The van der Waals surface area contributed by atoms with Gasteiger partial charge in [0.15, 0.2) is 0 Å². The van der Waals surface area contributed by atoms with E-state index in [0.717, 1.165) is 31.6 Å². The summed E-state index contributed by atoms with van der Waals surface area (Å²) in [5.41, 5.74) is 0.982. The highest BCUT2D eigenvalue weighted by atomic mass is 16.2. The predicted octanol–water partition coefficient (Wildman–Crippen LogP) is 1.58. The van der Waals surface area contributed by atoms with Crippen LogP contribution in [0.4, 0.5) is 0 Å². The fourth-order valence-electron chi connectivity index (χ4n) is 3.54. The molecule has 0 aliphatic carbocycles. The lowest BCUT2D eigenvalue weighted by molar-refractivity contribution is -0.133. The Morgan fingerprint density at radius 3 is 2.74 bits per heavy atom. The molecule has 0 spiro atoms. The topological polar surface area (TPSA) is 72.2 Å². The number of carbonyl (C=O) groups is 1. The Bertz CT molecular complexity index is 812. The molecule has 0 bridgehead atoms. The summed E-state index contributed by atoms with van der Waals surface area (Å²) < 4.78 is 3.00. The number of hydrogen-bond donors (Lipinski definition) is 1. The number of nitrogens with zero attached hydrogens (tertiary/aromatic N) is 4. The van der Waals surface area contributed by atoms with Crippen molar-refractivity contribution in [3.05, 3.63) is 52.2 Å². The maximum atomic E-state index is 12.8. The van der Waals surface area contributed by atoms with Crippen LogP contribution in [0.25, 0.3) is 0 Å². The van der Waals surface area contributed by atoms with Crippen LogP contribution < -0.4 is 11.0 Å².